The van der Waals surface area contributed by atoms with Gasteiger partial charge in [0.1, 0.15) is 17.3 Å². The van der Waals surface area contributed by atoms with Crippen LogP contribution in [0, 0.1) is 5.21 Å². The molecule has 1 aliphatic heterocycles. The highest BCUT2D eigenvalue weighted by molar-refractivity contribution is 6.14. The van der Waals surface area contributed by atoms with Gasteiger partial charge in [-0.05, 0) is 48.5 Å². The van der Waals surface area contributed by atoms with E-state index in [-0.39, 0.29) is 39.5 Å². The number of benzene rings is 2. The number of esters is 1. The van der Waals surface area contributed by atoms with E-state index in [1.807, 2.05) is 0 Å². The molecule has 0 amide bonds. The maximum Gasteiger partial charge on any atom is 0.343 e. The number of hydrogen-bond acceptors (Lipinski definition) is 8. The second-order valence-corrected chi connectivity index (χ2v) is 5.82. The topological polar surface area (TPSA) is 112 Å². The van der Waals surface area contributed by atoms with Gasteiger partial charge in [-0.1, -0.05) is 0 Å². The molecule has 1 aliphatic rings. The SMILES string of the molecule is O=C(Oc1ccc2c(c1)OC(=Cc1ccco1)C2=O)c1ccc(N([O-])O)cc1. The molecule has 0 saturated carbocycles. The van der Waals surface area contributed by atoms with Gasteiger partial charge in [0.2, 0.25) is 5.78 Å². The number of hydrogen-bond donors (Lipinski definition) is 1. The first-order chi connectivity index (χ1) is 13.5. The van der Waals surface area contributed by atoms with Gasteiger partial charge in [-0.3, -0.25) is 10.0 Å². The monoisotopic (exact) mass is 378 g/mol. The van der Waals surface area contributed by atoms with E-state index < -0.39 is 5.97 Å². The fraction of sp³-hybridized carbons (Fsp3) is 0. The van der Waals surface area contributed by atoms with Gasteiger partial charge in [0.15, 0.2) is 5.76 Å². The molecule has 2 aromatic carbocycles. The second kappa shape index (κ2) is 7.03. The third-order valence-corrected chi connectivity index (χ3v) is 3.99. The third-order valence-electron chi connectivity index (χ3n) is 3.99. The zero-order valence-corrected chi connectivity index (χ0v) is 14.2. The minimum Gasteiger partial charge on any atom is -0.733 e. The van der Waals surface area contributed by atoms with Crippen LogP contribution in [0.25, 0.3) is 6.08 Å². The summed E-state index contributed by atoms with van der Waals surface area (Å²) in [6.07, 6.45) is 2.97. The molecule has 4 rings (SSSR count). The van der Waals surface area contributed by atoms with E-state index in [2.05, 4.69) is 0 Å². The van der Waals surface area contributed by atoms with Crippen LogP contribution >= 0.6 is 0 Å². The molecule has 28 heavy (non-hydrogen) atoms. The zero-order valence-electron chi connectivity index (χ0n) is 14.2. The van der Waals surface area contributed by atoms with Crippen LogP contribution in [0.1, 0.15) is 26.5 Å². The summed E-state index contributed by atoms with van der Waals surface area (Å²) < 4.78 is 16.0. The minimum absolute atomic E-state index is 0.0168. The number of carbonyl (C=O) groups excluding carboxylic acids is 2. The summed E-state index contributed by atoms with van der Waals surface area (Å²) in [5, 5.41) is 19.3. The van der Waals surface area contributed by atoms with Crippen molar-refractivity contribution in [2.24, 2.45) is 0 Å². The fourth-order valence-electron chi connectivity index (χ4n) is 2.62. The van der Waals surface area contributed by atoms with Gasteiger partial charge in [0.05, 0.1) is 23.1 Å². The predicted octanol–water partition coefficient (Wildman–Crippen LogP) is 3.81. The van der Waals surface area contributed by atoms with E-state index >= 15 is 0 Å². The molecule has 0 fully saturated rings. The summed E-state index contributed by atoms with van der Waals surface area (Å²) in [6, 6.07) is 13.1. The largest absolute Gasteiger partial charge is 0.733 e. The van der Waals surface area contributed by atoms with E-state index in [4.69, 9.17) is 19.1 Å². The molecule has 0 radical (unpaired) electrons. The van der Waals surface area contributed by atoms with Gasteiger partial charge in [-0.2, -0.15) is 0 Å². The van der Waals surface area contributed by atoms with E-state index in [0.717, 1.165) is 0 Å². The van der Waals surface area contributed by atoms with E-state index in [0.29, 0.717) is 11.3 Å². The van der Waals surface area contributed by atoms with Crippen molar-refractivity contribution in [3.8, 4) is 11.5 Å². The molecular formula is C20H12NO7-. The number of rotatable bonds is 4. The maximum absolute atomic E-state index is 12.4. The van der Waals surface area contributed by atoms with Crippen LogP contribution in [0.4, 0.5) is 5.69 Å². The molecule has 0 atom stereocenters. The number of nitrogens with zero attached hydrogens (tertiary/aromatic N) is 1. The lowest BCUT2D eigenvalue weighted by molar-refractivity contribution is 0.0734. The Balaban J connectivity index is 1.51. The van der Waals surface area contributed by atoms with Crippen LogP contribution in [0.2, 0.25) is 0 Å². The van der Waals surface area contributed by atoms with E-state index in [9.17, 15) is 14.8 Å². The average molecular weight is 378 g/mol. The quantitative estimate of drug-likeness (QED) is 0.316. The Kier molecular flexibility index (Phi) is 4.40. The van der Waals surface area contributed by atoms with Crippen molar-refractivity contribution < 1.29 is 28.7 Å². The first-order valence-electron chi connectivity index (χ1n) is 8.11. The van der Waals surface area contributed by atoms with Crippen molar-refractivity contribution >= 4 is 23.5 Å². The number of Topliss-reactive ketones (excluding diaryl/α,β-unsaturated/α-hetero) is 1. The molecule has 0 spiro atoms. The summed E-state index contributed by atoms with van der Waals surface area (Å²) >= 11 is 0. The Hall–Kier alpha value is -3.88. The van der Waals surface area contributed by atoms with Gasteiger partial charge < -0.3 is 24.3 Å². The normalized spacial score (nSPS) is 13.9. The first kappa shape index (κ1) is 17.5. The molecule has 2 heterocycles. The Morgan fingerprint density at radius 3 is 2.61 bits per heavy atom. The Labute approximate surface area is 158 Å². The molecule has 0 bridgehead atoms. The molecule has 0 saturated heterocycles. The number of allylic oxidation sites excluding steroid dienone is 1. The second-order valence-electron chi connectivity index (χ2n) is 5.82. The lowest BCUT2D eigenvalue weighted by atomic mass is 10.1. The van der Waals surface area contributed by atoms with Crippen LogP contribution < -0.4 is 14.7 Å². The van der Waals surface area contributed by atoms with Crippen molar-refractivity contribution in [1.29, 1.82) is 0 Å². The third kappa shape index (κ3) is 3.37. The maximum atomic E-state index is 12.4. The van der Waals surface area contributed by atoms with Gasteiger partial charge in [0, 0.05) is 12.1 Å². The molecule has 0 unspecified atom stereocenters. The van der Waals surface area contributed by atoms with Gasteiger partial charge in [0.25, 0.3) is 0 Å². The fourth-order valence-corrected chi connectivity index (χ4v) is 2.62. The van der Waals surface area contributed by atoms with Crippen LogP contribution in [-0.2, 0) is 0 Å². The van der Waals surface area contributed by atoms with Crippen molar-refractivity contribution in [3.63, 3.8) is 0 Å². The Bertz CT molecular complexity index is 1070. The molecule has 8 heteroatoms. The molecule has 140 valence electrons. The van der Waals surface area contributed by atoms with Crippen molar-refractivity contribution in [3.05, 3.63) is 88.7 Å². The Morgan fingerprint density at radius 1 is 1.14 bits per heavy atom. The van der Waals surface area contributed by atoms with Gasteiger partial charge >= 0.3 is 5.97 Å². The molecule has 1 aromatic heterocycles. The molecule has 0 aliphatic carbocycles. The molecule has 8 nitrogen and oxygen atoms in total. The summed E-state index contributed by atoms with van der Waals surface area (Å²) in [5.41, 5.74) is 0.513. The molecular weight excluding hydrogens is 366 g/mol. The lowest BCUT2D eigenvalue weighted by Crippen LogP contribution is -2.10. The van der Waals surface area contributed by atoms with E-state index in [1.165, 1.54) is 54.8 Å². The number of fused-ring (bicyclic) bond motifs is 1. The van der Waals surface area contributed by atoms with Gasteiger partial charge in [-0.15, -0.1) is 0 Å². The highest BCUT2D eigenvalue weighted by Crippen LogP contribution is 2.35. The average Bonchev–Trinajstić information content (AvgIpc) is 3.30. The minimum atomic E-state index is -0.669. The lowest BCUT2D eigenvalue weighted by Gasteiger charge is -2.21. The first-order valence-corrected chi connectivity index (χ1v) is 8.11. The predicted molar refractivity (Wildman–Crippen MR) is 97.1 cm³/mol. The summed E-state index contributed by atoms with van der Waals surface area (Å²) in [4.78, 5) is 24.6. The number of ketones is 1. The van der Waals surface area contributed by atoms with Crippen LogP contribution in [0.3, 0.4) is 0 Å². The van der Waals surface area contributed by atoms with Crippen molar-refractivity contribution in [1.82, 2.24) is 0 Å². The van der Waals surface area contributed by atoms with Crippen LogP contribution in [0.15, 0.2) is 71.0 Å². The zero-order chi connectivity index (χ0) is 19.7. The van der Waals surface area contributed by atoms with E-state index in [1.54, 1.807) is 12.1 Å². The smallest absolute Gasteiger partial charge is 0.343 e. The van der Waals surface area contributed by atoms with Crippen molar-refractivity contribution in [2.75, 3.05) is 5.23 Å². The summed E-state index contributed by atoms with van der Waals surface area (Å²) in [6.45, 7) is 0. The molecule has 3 aromatic rings. The number of furan rings is 1. The Morgan fingerprint density at radius 2 is 1.93 bits per heavy atom. The van der Waals surface area contributed by atoms with Crippen molar-refractivity contribution in [2.45, 2.75) is 0 Å². The van der Waals surface area contributed by atoms with Gasteiger partial charge in [-0.25, -0.2) is 4.79 Å². The summed E-state index contributed by atoms with van der Waals surface area (Å²) in [5.74, 6) is 0.0720. The highest BCUT2D eigenvalue weighted by atomic mass is 16.8. The standard InChI is InChI=1S/C20H12NO7/c22-19-16-8-7-15(11-17(16)28-18(19)10-14-2-1-9-26-14)27-20(23)12-3-5-13(6-4-12)21(24)25/h1-11,24H/q-1. The number of ether oxygens (including phenoxy) is 2. The van der Waals surface area contributed by atoms with Crippen LogP contribution in [0.5, 0.6) is 11.5 Å². The number of anilines is 1. The van der Waals surface area contributed by atoms with Crippen LogP contribution in [-0.4, -0.2) is 17.0 Å². The highest BCUT2D eigenvalue weighted by Gasteiger charge is 2.28. The number of carbonyl (C=O) groups is 2. The summed E-state index contributed by atoms with van der Waals surface area (Å²) in [7, 11) is 0. The molecule has 1 N–H and O–H groups in total.